The molecule has 0 saturated carbocycles. The Hall–Kier alpha value is -0.747. The predicted octanol–water partition coefficient (Wildman–Crippen LogP) is 6.63. The van der Waals surface area contributed by atoms with Gasteiger partial charge in [-0.25, -0.2) is 0 Å². The Labute approximate surface area is 190 Å². The van der Waals surface area contributed by atoms with E-state index < -0.39 is 21.3 Å². The van der Waals surface area contributed by atoms with Gasteiger partial charge in [0.25, 0.3) is 0 Å². The van der Waals surface area contributed by atoms with E-state index in [4.69, 9.17) is 0 Å². The van der Waals surface area contributed by atoms with Gasteiger partial charge in [-0.1, -0.05) is 0 Å². The Morgan fingerprint density at radius 3 is 2.11 bits per heavy atom. The molecule has 0 nitrogen and oxygen atoms in total. The molecule has 4 rings (SSSR count). The van der Waals surface area contributed by atoms with Crippen LogP contribution in [0.25, 0.3) is 11.1 Å². The summed E-state index contributed by atoms with van der Waals surface area (Å²) in [5.74, 6) is 0. The summed E-state index contributed by atoms with van der Waals surface area (Å²) in [5.41, 5.74) is 12.1. The monoisotopic (exact) mass is 490 g/mol. The van der Waals surface area contributed by atoms with Gasteiger partial charge in [-0.2, -0.15) is 0 Å². The largest absolute Gasteiger partial charge is 0.147 e. The molecule has 2 aromatic carbocycles. The maximum atomic E-state index is 2.46. The van der Waals surface area contributed by atoms with E-state index in [1.165, 1.54) is 39.8 Å². The van der Waals surface area contributed by atoms with Crippen molar-refractivity contribution in [3.8, 4) is 11.1 Å². The molecule has 148 valence electrons. The number of rotatable bonds is 2. The second-order valence-corrected chi connectivity index (χ2v) is 15.3. The molecule has 0 bridgehead atoms. The predicted molar refractivity (Wildman–Crippen MR) is 126 cm³/mol. The Morgan fingerprint density at radius 1 is 0.857 bits per heavy atom. The second kappa shape index (κ2) is 8.95. The van der Waals surface area contributed by atoms with Crippen molar-refractivity contribution in [2.45, 2.75) is 54.4 Å². The summed E-state index contributed by atoms with van der Waals surface area (Å²) in [6.07, 6.45) is 9.33. The van der Waals surface area contributed by atoms with Gasteiger partial charge < -0.3 is 0 Å². The summed E-state index contributed by atoms with van der Waals surface area (Å²) in [4.78, 5) is 0. The van der Waals surface area contributed by atoms with Gasteiger partial charge in [0.05, 0.1) is 0 Å². The molecule has 0 fully saturated rings. The molecular weight excluding hydrogens is 462 g/mol. The van der Waals surface area contributed by atoms with Crippen LogP contribution in [0, 0.1) is 27.7 Å². The van der Waals surface area contributed by atoms with Gasteiger partial charge in [0.15, 0.2) is 0 Å². The molecule has 0 saturated heterocycles. The van der Waals surface area contributed by atoms with Crippen LogP contribution in [0.3, 0.4) is 0 Å². The van der Waals surface area contributed by atoms with E-state index in [1.807, 2.05) is 0 Å². The van der Waals surface area contributed by atoms with E-state index in [1.54, 1.807) is 20.9 Å². The molecule has 0 heterocycles. The molecule has 28 heavy (non-hydrogen) atoms. The van der Waals surface area contributed by atoms with Gasteiger partial charge in [-0.3, -0.25) is 0 Å². The Balaban J connectivity index is 0.00000140. The number of hydrogen-bond acceptors (Lipinski definition) is 0. The zero-order chi connectivity index (χ0) is 18.6. The van der Waals surface area contributed by atoms with Crippen molar-refractivity contribution in [2.75, 3.05) is 0 Å². The molecule has 2 aliphatic rings. The van der Waals surface area contributed by atoms with Crippen molar-refractivity contribution in [2.24, 2.45) is 0 Å². The first-order valence-corrected chi connectivity index (χ1v) is 13.3. The van der Waals surface area contributed by atoms with Crippen LogP contribution < -0.4 is 3.27 Å². The number of benzene rings is 2. The fraction of sp³-hybridized carbons (Fsp3) is 0.320. The van der Waals surface area contributed by atoms with Crippen molar-refractivity contribution in [3.63, 3.8) is 0 Å². The minimum absolute atomic E-state index is 0. The standard InChI is InChI=1S/C17H17.C5H5.C3H6.2ClH.Zr/c1-10-5-14-9-15-6-11(2)13(4)8-17(15)16(14)7-12(10)3;1-2-4-5-3-1;1-3-2;;;/h5,7-8H,9H2,1-4H3;1-3H,4H2;1-2H3;2*1H;. The number of allylic oxidation sites excluding steroid dienone is 4. The maximum absolute atomic E-state index is 2.46. The fourth-order valence-corrected chi connectivity index (χ4v) is 12.3. The molecule has 0 radical (unpaired) electrons. The van der Waals surface area contributed by atoms with Crippen LogP contribution in [0.1, 0.15) is 53.6 Å². The molecule has 0 aliphatic heterocycles. The zero-order valence-electron chi connectivity index (χ0n) is 17.7. The first-order chi connectivity index (χ1) is 12.4. The summed E-state index contributed by atoms with van der Waals surface area (Å²) in [7, 11) is 0. The van der Waals surface area contributed by atoms with Crippen LogP contribution in [-0.2, 0) is 27.7 Å². The summed E-state index contributed by atoms with van der Waals surface area (Å²) in [6.45, 7) is 13.9. The molecule has 0 aromatic heterocycles. The van der Waals surface area contributed by atoms with Gasteiger partial charge >= 0.3 is 166 Å². The van der Waals surface area contributed by atoms with Crippen molar-refractivity contribution in [1.82, 2.24) is 0 Å². The van der Waals surface area contributed by atoms with E-state index in [9.17, 15) is 0 Å². The molecular formula is C25H30Cl2Zr. The minimum Gasteiger partial charge on any atom is -0.147 e. The van der Waals surface area contributed by atoms with Crippen LogP contribution in [-0.4, -0.2) is 3.21 Å². The normalized spacial score (nSPS) is 13.3. The van der Waals surface area contributed by atoms with E-state index in [-0.39, 0.29) is 24.8 Å². The molecule has 0 amide bonds. The fourth-order valence-electron chi connectivity index (χ4n) is 4.56. The van der Waals surface area contributed by atoms with Crippen molar-refractivity contribution < 1.29 is 21.3 Å². The Bertz CT molecular complexity index is 1040. The smallest absolute Gasteiger partial charge is 0.147 e. The molecule has 0 spiro atoms. The first kappa shape index (κ1) is 23.5. The average Bonchev–Trinajstić information content (AvgIpc) is 3.21. The first-order valence-electron chi connectivity index (χ1n) is 9.66. The molecule has 2 aliphatic carbocycles. The third-order valence-electron chi connectivity index (χ3n) is 6.17. The van der Waals surface area contributed by atoms with Crippen LogP contribution in [0.2, 0.25) is 0 Å². The van der Waals surface area contributed by atoms with Gasteiger partial charge in [-0.05, 0) is 0 Å². The third kappa shape index (κ3) is 3.83. The van der Waals surface area contributed by atoms with Crippen LogP contribution in [0.5, 0.6) is 0 Å². The van der Waals surface area contributed by atoms with Gasteiger partial charge in [0.1, 0.15) is 0 Å². The summed E-state index contributed by atoms with van der Waals surface area (Å²) < 4.78 is 5.21. The Morgan fingerprint density at radius 2 is 1.50 bits per heavy atom. The number of halogens is 2. The van der Waals surface area contributed by atoms with Crippen LogP contribution in [0.15, 0.2) is 39.7 Å². The van der Waals surface area contributed by atoms with Gasteiger partial charge in [0.2, 0.25) is 0 Å². The topological polar surface area (TPSA) is 0 Å². The SMILES string of the molecule is C[C](C)=[Zr]([C]1=CC=CC1)[c]1c(C)c(C)cc2c1Cc1cc(C)c(C)cc1-2.Cl.Cl. The van der Waals surface area contributed by atoms with E-state index in [0.717, 1.165) is 6.42 Å². The van der Waals surface area contributed by atoms with E-state index in [2.05, 4.69) is 78.0 Å². The molecule has 0 atom stereocenters. The molecule has 0 N–H and O–H groups in total. The average molecular weight is 493 g/mol. The Kier molecular flexibility index (Phi) is 7.52. The summed E-state index contributed by atoms with van der Waals surface area (Å²) in [6, 6.07) is 7.32. The van der Waals surface area contributed by atoms with E-state index >= 15 is 0 Å². The number of fused-ring (bicyclic) bond motifs is 3. The number of aryl methyl sites for hydroxylation is 3. The molecule has 2 aromatic rings. The molecule has 3 heteroatoms. The van der Waals surface area contributed by atoms with Crippen molar-refractivity contribution in [1.29, 1.82) is 0 Å². The summed E-state index contributed by atoms with van der Waals surface area (Å²) >= 11 is -1.98. The number of hydrogen-bond donors (Lipinski definition) is 0. The maximum Gasteiger partial charge on any atom is -0.147 e. The third-order valence-corrected chi connectivity index (χ3v) is 14.0. The van der Waals surface area contributed by atoms with E-state index in [0.29, 0.717) is 0 Å². The van der Waals surface area contributed by atoms with Crippen molar-refractivity contribution in [3.05, 3.63) is 73.1 Å². The minimum atomic E-state index is -1.98. The van der Waals surface area contributed by atoms with Crippen molar-refractivity contribution >= 4 is 31.3 Å². The van der Waals surface area contributed by atoms with Gasteiger partial charge in [-0.15, -0.1) is 24.8 Å². The van der Waals surface area contributed by atoms with Crippen LogP contribution in [0.4, 0.5) is 0 Å². The molecule has 0 unspecified atom stereocenters. The second-order valence-electron chi connectivity index (χ2n) is 8.19. The summed E-state index contributed by atoms with van der Waals surface area (Å²) in [5, 5.41) is 0. The van der Waals surface area contributed by atoms with Gasteiger partial charge in [0, 0.05) is 0 Å². The van der Waals surface area contributed by atoms with Crippen LogP contribution >= 0.6 is 24.8 Å². The zero-order valence-corrected chi connectivity index (χ0v) is 21.8. The quantitative estimate of drug-likeness (QED) is 0.376.